The molecule has 0 amide bonds. The van der Waals surface area contributed by atoms with Crippen LogP contribution < -0.4 is 4.74 Å². The average Bonchev–Trinajstić information content (AvgIpc) is 2.23. The third-order valence-electron chi connectivity index (χ3n) is 1.75. The number of nitrogens with zero attached hydrogens (tertiary/aromatic N) is 2. The Bertz CT molecular complexity index is 498. The van der Waals surface area contributed by atoms with E-state index in [2.05, 4.69) is 4.98 Å². The van der Waals surface area contributed by atoms with E-state index in [0.29, 0.717) is 0 Å². The van der Waals surface area contributed by atoms with E-state index in [1.165, 1.54) is 6.07 Å². The molecule has 104 valence electrons. The van der Waals surface area contributed by atoms with Crippen molar-refractivity contribution < 1.29 is 19.2 Å². The number of esters is 1. The summed E-state index contributed by atoms with van der Waals surface area (Å²) < 4.78 is 9.97. The first-order valence-corrected chi connectivity index (χ1v) is 5.72. The van der Waals surface area contributed by atoms with Crippen molar-refractivity contribution in [2.45, 2.75) is 26.4 Å². The van der Waals surface area contributed by atoms with E-state index < -0.39 is 23.1 Å². The molecule has 0 spiro atoms. The molecule has 19 heavy (non-hydrogen) atoms. The highest BCUT2D eigenvalue weighted by Crippen LogP contribution is 2.26. The molecule has 1 rings (SSSR count). The number of carbonyl (C=O) groups excluding carboxylic acids is 1. The maximum Gasteiger partial charge on any atom is 0.344 e. The van der Waals surface area contributed by atoms with Crippen molar-refractivity contribution in [2.24, 2.45) is 0 Å². The van der Waals surface area contributed by atoms with Gasteiger partial charge in [0.2, 0.25) is 0 Å². The van der Waals surface area contributed by atoms with Crippen molar-refractivity contribution in [3.05, 3.63) is 27.4 Å². The maximum atomic E-state index is 11.4. The SMILES string of the molecule is CC(C)(C)OC(=O)COc1nc(Cl)ccc1[N+](=O)[O-]. The van der Waals surface area contributed by atoms with Crippen molar-refractivity contribution in [3.8, 4) is 5.88 Å². The molecule has 0 N–H and O–H groups in total. The van der Waals surface area contributed by atoms with E-state index in [4.69, 9.17) is 21.1 Å². The number of nitro groups is 1. The highest BCUT2D eigenvalue weighted by atomic mass is 35.5. The number of pyridine rings is 1. The number of carbonyl (C=O) groups is 1. The molecule has 8 heteroatoms. The fourth-order valence-corrected chi connectivity index (χ4v) is 1.29. The van der Waals surface area contributed by atoms with Gasteiger partial charge in [0.15, 0.2) is 6.61 Å². The number of rotatable bonds is 4. The molecule has 0 bridgehead atoms. The van der Waals surface area contributed by atoms with Crippen molar-refractivity contribution >= 4 is 23.3 Å². The monoisotopic (exact) mass is 288 g/mol. The molecule has 0 aliphatic carbocycles. The van der Waals surface area contributed by atoms with Crippen LogP contribution in [0.4, 0.5) is 5.69 Å². The fourth-order valence-electron chi connectivity index (χ4n) is 1.15. The summed E-state index contributed by atoms with van der Waals surface area (Å²) in [5.41, 5.74) is -1.03. The van der Waals surface area contributed by atoms with Crippen molar-refractivity contribution in [1.29, 1.82) is 0 Å². The average molecular weight is 289 g/mol. The van der Waals surface area contributed by atoms with Crippen LogP contribution in [0.15, 0.2) is 12.1 Å². The quantitative estimate of drug-likeness (QED) is 0.365. The molecule has 0 aliphatic heterocycles. The second kappa shape index (κ2) is 5.83. The second-order valence-corrected chi connectivity index (χ2v) is 4.98. The zero-order valence-electron chi connectivity index (χ0n) is 10.7. The van der Waals surface area contributed by atoms with Gasteiger partial charge in [-0.3, -0.25) is 10.1 Å². The standard InChI is InChI=1S/C11H13ClN2O5/c1-11(2,3)19-9(15)6-18-10-7(14(16)17)4-5-8(12)13-10/h4-5H,6H2,1-3H3. The highest BCUT2D eigenvalue weighted by molar-refractivity contribution is 6.29. The van der Waals surface area contributed by atoms with Gasteiger partial charge >= 0.3 is 11.7 Å². The van der Waals surface area contributed by atoms with Gasteiger partial charge in [-0.25, -0.2) is 4.79 Å². The zero-order valence-corrected chi connectivity index (χ0v) is 11.4. The normalized spacial score (nSPS) is 10.9. The summed E-state index contributed by atoms with van der Waals surface area (Å²) in [7, 11) is 0. The van der Waals surface area contributed by atoms with Crippen molar-refractivity contribution in [1.82, 2.24) is 4.98 Å². The van der Waals surface area contributed by atoms with Crippen LogP contribution in [0.1, 0.15) is 20.8 Å². The lowest BCUT2D eigenvalue weighted by molar-refractivity contribution is -0.386. The Morgan fingerprint density at radius 3 is 2.63 bits per heavy atom. The maximum absolute atomic E-state index is 11.4. The molecule has 0 aliphatic rings. The van der Waals surface area contributed by atoms with Crippen LogP contribution in [-0.4, -0.2) is 28.1 Å². The summed E-state index contributed by atoms with van der Waals surface area (Å²) >= 11 is 5.61. The number of hydrogen-bond acceptors (Lipinski definition) is 6. The molecular weight excluding hydrogens is 276 g/mol. The van der Waals surface area contributed by atoms with E-state index in [1.54, 1.807) is 20.8 Å². The minimum Gasteiger partial charge on any atom is -0.461 e. The minimum atomic E-state index is -0.673. The molecule has 0 saturated heterocycles. The minimum absolute atomic E-state index is 0.0322. The van der Waals surface area contributed by atoms with Gasteiger partial charge in [0.1, 0.15) is 10.8 Å². The Hall–Kier alpha value is -1.89. The van der Waals surface area contributed by atoms with Crippen LogP contribution in [0, 0.1) is 10.1 Å². The third-order valence-corrected chi connectivity index (χ3v) is 1.96. The lowest BCUT2D eigenvalue weighted by Crippen LogP contribution is -2.27. The first kappa shape index (κ1) is 15.2. The topological polar surface area (TPSA) is 91.6 Å². The predicted molar refractivity (Wildman–Crippen MR) is 67.2 cm³/mol. The summed E-state index contributed by atoms with van der Waals surface area (Å²) in [5, 5.41) is 10.8. The third kappa shape index (κ3) is 5.09. The van der Waals surface area contributed by atoms with Crippen LogP contribution in [0.3, 0.4) is 0 Å². The summed E-state index contributed by atoms with van der Waals surface area (Å²) in [6.07, 6.45) is 0. The lowest BCUT2D eigenvalue weighted by Gasteiger charge is -2.19. The summed E-state index contributed by atoms with van der Waals surface area (Å²) in [6, 6.07) is 2.42. The summed E-state index contributed by atoms with van der Waals surface area (Å²) in [4.78, 5) is 25.1. The molecule has 0 atom stereocenters. The summed E-state index contributed by atoms with van der Waals surface area (Å²) in [5.74, 6) is -0.966. The van der Waals surface area contributed by atoms with Gasteiger partial charge in [0.25, 0.3) is 5.88 Å². The second-order valence-electron chi connectivity index (χ2n) is 4.59. The fraction of sp³-hybridized carbons (Fsp3) is 0.455. The number of hydrogen-bond donors (Lipinski definition) is 0. The van der Waals surface area contributed by atoms with Gasteiger partial charge in [0.05, 0.1) is 4.92 Å². The Morgan fingerprint density at radius 2 is 2.11 bits per heavy atom. The van der Waals surface area contributed by atoms with Gasteiger partial charge in [-0.1, -0.05) is 11.6 Å². The lowest BCUT2D eigenvalue weighted by atomic mass is 10.2. The first-order valence-electron chi connectivity index (χ1n) is 5.34. The molecule has 0 unspecified atom stereocenters. The zero-order chi connectivity index (χ0) is 14.6. The number of ether oxygens (including phenoxy) is 2. The first-order chi connectivity index (χ1) is 8.69. The van der Waals surface area contributed by atoms with Crippen molar-refractivity contribution in [2.75, 3.05) is 6.61 Å². The van der Waals surface area contributed by atoms with Gasteiger partial charge < -0.3 is 9.47 Å². The predicted octanol–water partition coefficient (Wildman–Crippen LogP) is 2.36. The van der Waals surface area contributed by atoms with Crippen LogP contribution >= 0.6 is 11.6 Å². The molecule has 0 saturated carbocycles. The van der Waals surface area contributed by atoms with Crippen LogP contribution in [0.5, 0.6) is 5.88 Å². The molecule has 1 aromatic heterocycles. The summed E-state index contributed by atoms with van der Waals surface area (Å²) in [6.45, 7) is 4.62. The van der Waals surface area contributed by atoms with Gasteiger partial charge in [-0.15, -0.1) is 0 Å². The highest BCUT2D eigenvalue weighted by Gasteiger charge is 2.21. The number of halogens is 1. The van der Waals surface area contributed by atoms with Gasteiger partial charge in [-0.2, -0.15) is 4.98 Å². The molecule has 7 nitrogen and oxygen atoms in total. The Labute approximate surface area is 114 Å². The van der Waals surface area contributed by atoms with Gasteiger partial charge in [0, 0.05) is 6.07 Å². The van der Waals surface area contributed by atoms with E-state index in [-0.39, 0.29) is 16.7 Å². The van der Waals surface area contributed by atoms with E-state index in [0.717, 1.165) is 6.07 Å². The van der Waals surface area contributed by atoms with E-state index >= 15 is 0 Å². The number of aromatic nitrogens is 1. The smallest absolute Gasteiger partial charge is 0.344 e. The molecule has 1 heterocycles. The Kier molecular flexibility index (Phi) is 4.66. The molecule has 1 aromatic rings. The van der Waals surface area contributed by atoms with Crippen LogP contribution in [-0.2, 0) is 9.53 Å². The Balaban J connectivity index is 2.75. The molecular formula is C11H13ClN2O5. The Morgan fingerprint density at radius 1 is 1.47 bits per heavy atom. The largest absolute Gasteiger partial charge is 0.461 e. The van der Waals surface area contributed by atoms with Crippen molar-refractivity contribution in [3.63, 3.8) is 0 Å². The molecule has 0 aromatic carbocycles. The molecule has 0 radical (unpaired) electrons. The van der Waals surface area contributed by atoms with Crippen LogP contribution in [0.2, 0.25) is 5.15 Å². The molecule has 0 fully saturated rings. The van der Waals surface area contributed by atoms with E-state index in [9.17, 15) is 14.9 Å². The van der Waals surface area contributed by atoms with E-state index in [1.807, 2.05) is 0 Å². The van der Waals surface area contributed by atoms with Crippen LogP contribution in [0.25, 0.3) is 0 Å². The van der Waals surface area contributed by atoms with Gasteiger partial charge in [-0.05, 0) is 26.8 Å².